The first-order chi connectivity index (χ1) is 11.5. The van der Waals surface area contributed by atoms with Crippen molar-refractivity contribution >= 4 is 26.6 Å². The molecule has 3 rings (SSSR count). The average molecular weight is 343 g/mol. The Labute approximate surface area is 139 Å². The zero-order chi connectivity index (χ0) is 17.2. The predicted molar refractivity (Wildman–Crippen MR) is 89.9 cm³/mol. The van der Waals surface area contributed by atoms with E-state index in [0.29, 0.717) is 0 Å². The highest BCUT2D eigenvalue weighted by Gasteiger charge is 2.18. The van der Waals surface area contributed by atoms with Gasteiger partial charge in [-0.25, -0.2) is 17.5 Å². The lowest BCUT2D eigenvalue weighted by atomic mass is 10.1. The van der Waals surface area contributed by atoms with Crippen molar-refractivity contribution in [2.45, 2.75) is 4.90 Å². The van der Waals surface area contributed by atoms with Crippen LogP contribution in [0.2, 0.25) is 0 Å². The molecule has 0 saturated carbocycles. The fraction of sp³-hybridized carbons (Fsp3) is 0.0556. The van der Waals surface area contributed by atoms with Crippen molar-refractivity contribution in [2.24, 2.45) is 0 Å². The Bertz CT molecular complexity index is 1020. The molecule has 0 amide bonds. The summed E-state index contributed by atoms with van der Waals surface area (Å²) < 4.78 is 40.5. The van der Waals surface area contributed by atoms with Crippen LogP contribution in [0.15, 0.2) is 71.6 Å². The molecule has 24 heavy (non-hydrogen) atoms. The van der Waals surface area contributed by atoms with Crippen LogP contribution in [-0.4, -0.2) is 20.7 Å². The maximum atomic E-state index is 13.6. The molecule has 1 N–H and O–H groups in total. The largest absolute Gasteiger partial charge is 0.293 e. The number of rotatable bonds is 5. The normalized spacial score (nSPS) is 11.5. The molecule has 0 bridgehead atoms. The van der Waals surface area contributed by atoms with E-state index in [4.69, 9.17) is 0 Å². The van der Waals surface area contributed by atoms with Crippen molar-refractivity contribution in [1.82, 2.24) is 4.72 Å². The van der Waals surface area contributed by atoms with Crippen molar-refractivity contribution in [2.75, 3.05) is 6.54 Å². The van der Waals surface area contributed by atoms with Crippen LogP contribution in [0.3, 0.4) is 0 Å². The highest BCUT2D eigenvalue weighted by atomic mass is 32.2. The molecule has 0 radical (unpaired) electrons. The Morgan fingerprint density at radius 1 is 0.917 bits per heavy atom. The molecule has 0 saturated heterocycles. The number of hydrogen-bond acceptors (Lipinski definition) is 3. The minimum Gasteiger partial charge on any atom is -0.293 e. The molecular formula is C18H14FNO3S. The third-order valence-corrected chi connectivity index (χ3v) is 5.03. The summed E-state index contributed by atoms with van der Waals surface area (Å²) in [6.45, 7) is -0.504. The van der Waals surface area contributed by atoms with Gasteiger partial charge in [-0.05, 0) is 35.0 Å². The molecule has 122 valence electrons. The molecule has 0 unspecified atom stereocenters. The molecule has 0 aliphatic rings. The number of halogens is 1. The van der Waals surface area contributed by atoms with E-state index in [9.17, 15) is 17.6 Å². The quantitative estimate of drug-likeness (QED) is 0.724. The molecule has 4 nitrogen and oxygen atoms in total. The monoisotopic (exact) mass is 343 g/mol. The van der Waals surface area contributed by atoms with E-state index in [1.807, 2.05) is 18.2 Å². The first kappa shape index (κ1) is 16.3. The van der Waals surface area contributed by atoms with Crippen molar-refractivity contribution in [1.29, 1.82) is 0 Å². The van der Waals surface area contributed by atoms with E-state index in [2.05, 4.69) is 4.72 Å². The number of hydrogen-bond donors (Lipinski definition) is 1. The van der Waals surface area contributed by atoms with Crippen LogP contribution >= 0.6 is 0 Å². The maximum Gasteiger partial charge on any atom is 0.241 e. The van der Waals surface area contributed by atoms with Gasteiger partial charge in [-0.1, -0.05) is 42.5 Å². The molecule has 3 aromatic carbocycles. The van der Waals surface area contributed by atoms with E-state index in [0.717, 1.165) is 16.8 Å². The number of benzene rings is 3. The van der Waals surface area contributed by atoms with Crippen LogP contribution in [-0.2, 0) is 10.0 Å². The molecular weight excluding hydrogens is 329 g/mol. The minimum atomic E-state index is -3.86. The Hall–Kier alpha value is -2.57. The average Bonchev–Trinajstić information content (AvgIpc) is 2.60. The second-order valence-corrected chi connectivity index (χ2v) is 7.00. The first-order valence-electron chi connectivity index (χ1n) is 7.23. The number of ketones is 1. The highest BCUT2D eigenvalue weighted by molar-refractivity contribution is 7.89. The van der Waals surface area contributed by atoms with E-state index in [1.165, 1.54) is 30.3 Å². The number of fused-ring (bicyclic) bond motifs is 1. The molecule has 0 aliphatic heterocycles. The Morgan fingerprint density at radius 3 is 2.33 bits per heavy atom. The topological polar surface area (TPSA) is 63.2 Å². The van der Waals surface area contributed by atoms with Crippen molar-refractivity contribution in [3.05, 3.63) is 78.1 Å². The van der Waals surface area contributed by atoms with Crippen LogP contribution in [0.25, 0.3) is 10.8 Å². The standard InChI is InChI=1S/C18H14FNO3S/c19-17-8-4-3-7-16(17)18(21)12-20-24(22,23)15-10-9-13-5-1-2-6-14(13)11-15/h1-11,20H,12H2. The van der Waals surface area contributed by atoms with Crippen LogP contribution < -0.4 is 4.72 Å². The third-order valence-electron chi connectivity index (χ3n) is 3.63. The fourth-order valence-electron chi connectivity index (χ4n) is 2.36. The van der Waals surface area contributed by atoms with Gasteiger partial charge >= 0.3 is 0 Å². The summed E-state index contributed by atoms with van der Waals surface area (Å²) in [4.78, 5) is 12.0. The lowest BCUT2D eigenvalue weighted by Gasteiger charge is -2.08. The zero-order valence-electron chi connectivity index (χ0n) is 12.6. The van der Waals surface area contributed by atoms with Gasteiger partial charge in [0.1, 0.15) is 5.82 Å². The number of carbonyl (C=O) groups excluding carboxylic acids is 1. The van der Waals surface area contributed by atoms with E-state index >= 15 is 0 Å². The van der Waals surface area contributed by atoms with Gasteiger partial charge in [-0.2, -0.15) is 0 Å². The number of carbonyl (C=O) groups is 1. The molecule has 0 aliphatic carbocycles. The van der Waals surface area contributed by atoms with E-state index in [1.54, 1.807) is 12.1 Å². The molecule has 0 heterocycles. The minimum absolute atomic E-state index is 0.0579. The molecule has 0 spiro atoms. The van der Waals surface area contributed by atoms with Crippen molar-refractivity contribution in [3.8, 4) is 0 Å². The summed E-state index contributed by atoms with van der Waals surface area (Å²) in [5, 5.41) is 1.69. The molecule has 3 aromatic rings. The molecule has 0 atom stereocenters. The summed E-state index contributed by atoms with van der Waals surface area (Å²) in [7, 11) is -3.86. The SMILES string of the molecule is O=C(CNS(=O)(=O)c1ccc2ccccc2c1)c1ccccc1F. The lowest BCUT2D eigenvalue weighted by molar-refractivity contribution is 0.0993. The van der Waals surface area contributed by atoms with Gasteiger partial charge in [0, 0.05) is 0 Å². The van der Waals surface area contributed by atoms with Gasteiger partial charge < -0.3 is 0 Å². The number of sulfonamides is 1. The third kappa shape index (κ3) is 3.34. The summed E-state index contributed by atoms with van der Waals surface area (Å²) >= 11 is 0. The summed E-state index contributed by atoms with van der Waals surface area (Å²) in [5.41, 5.74) is -0.140. The molecule has 6 heteroatoms. The van der Waals surface area contributed by atoms with Crippen molar-refractivity contribution < 1.29 is 17.6 Å². The summed E-state index contributed by atoms with van der Waals surface area (Å²) in [6, 6.07) is 17.5. The van der Waals surface area contributed by atoms with Crippen molar-refractivity contribution in [3.63, 3.8) is 0 Å². The highest BCUT2D eigenvalue weighted by Crippen LogP contribution is 2.18. The van der Waals surface area contributed by atoms with Gasteiger partial charge in [0.15, 0.2) is 5.78 Å². The first-order valence-corrected chi connectivity index (χ1v) is 8.72. The predicted octanol–water partition coefficient (Wildman–Crippen LogP) is 3.14. The van der Waals surface area contributed by atoms with Crippen LogP contribution in [0.1, 0.15) is 10.4 Å². The van der Waals surface area contributed by atoms with Crippen LogP contribution in [0.4, 0.5) is 4.39 Å². The Balaban J connectivity index is 1.80. The number of Topliss-reactive ketones (excluding diaryl/α,β-unsaturated/α-hetero) is 1. The van der Waals surface area contributed by atoms with Gasteiger partial charge in [0.05, 0.1) is 17.0 Å². The second kappa shape index (κ2) is 6.51. The fourth-order valence-corrected chi connectivity index (χ4v) is 3.38. The summed E-state index contributed by atoms with van der Waals surface area (Å²) in [5.74, 6) is -1.30. The smallest absolute Gasteiger partial charge is 0.241 e. The molecule has 0 fully saturated rings. The van der Waals surface area contributed by atoms with E-state index < -0.39 is 28.2 Å². The van der Waals surface area contributed by atoms with Gasteiger partial charge in [0.2, 0.25) is 10.0 Å². The Kier molecular flexibility index (Phi) is 4.42. The number of nitrogens with one attached hydrogen (secondary N) is 1. The Morgan fingerprint density at radius 2 is 1.58 bits per heavy atom. The zero-order valence-corrected chi connectivity index (χ0v) is 13.4. The summed E-state index contributed by atoms with van der Waals surface area (Å²) in [6.07, 6.45) is 0. The maximum absolute atomic E-state index is 13.6. The second-order valence-electron chi connectivity index (χ2n) is 5.24. The van der Waals surface area contributed by atoms with Gasteiger partial charge in [0.25, 0.3) is 0 Å². The lowest BCUT2D eigenvalue weighted by Crippen LogP contribution is -2.30. The van der Waals surface area contributed by atoms with Gasteiger partial charge in [-0.15, -0.1) is 0 Å². The van der Waals surface area contributed by atoms with Crippen LogP contribution in [0.5, 0.6) is 0 Å². The van der Waals surface area contributed by atoms with Crippen LogP contribution in [0, 0.1) is 5.82 Å². The van der Waals surface area contributed by atoms with E-state index in [-0.39, 0.29) is 10.5 Å². The molecule has 0 aromatic heterocycles. The van der Waals surface area contributed by atoms with Gasteiger partial charge in [-0.3, -0.25) is 4.79 Å².